The number of benzene rings is 1. The molecular formula is C13H18O2. The maximum absolute atomic E-state index is 9.86. The summed E-state index contributed by atoms with van der Waals surface area (Å²) in [5.74, 6) is 0.433. The molecule has 0 bridgehead atoms. The number of hydrogen-bond acceptors (Lipinski definition) is 2. The van der Waals surface area contributed by atoms with Gasteiger partial charge >= 0.3 is 0 Å². The van der Waals surface area contributed by atoms with Crippen molar-refractivity contribution < 1.29 is 9.84 Å². The molecule has 0 spiro atoms. The molecule has 0 radical (unpaired) electrons. The largest absolute Gasteiger partial charge is 0.388 e. The van der Waals surface area contributed by atoms with Crippen LogP contribution in [0.25, 0.3) is 0 Å². The van der Waals surface area contributed by atoms with E-state index in [0.29, 0.717) is 5.92 Å². The molecule has 1 aliphatic rings. The van der Waals surface area contributed by atoms with Crippen LogP contribution in [0.5, 0.6) is 0 Å². The van der Waals surface area contributed by atoms with E-state index in [9.17, 15) is 5.11 Å². The first-order chi connectivity index (χ1) is 7.07. The summed E-state index contributed by atoms with van der Waals surface area (Å²) in [6.07, 6.45) is 0.871. The molecule has 0 amide bonds. The van der Waals surface area contributed by atoms with Gasteiger partial charge in [0.15, 0.2) is 0 Å². The number of ether oxygens (including phenoxy) is 1. The van der Waals surface area contributed by atoms with Crippen LogP contribution in [0.15, 0.2) is 30.3 Å². The molecule has 0 saturated carbocycles. The second-order valence-electron chi connectivity index (χ2n) is 4.82. The van der Waals surface area contributed by atoms with Crippen molar-refractivity contribution in [2.24, 2.45) is 0 Å². The molecule has 0 aromatic heterocycles. The quantitative estimate of drug-likeness (QED) is 0.804. The highest BCUT2D eigenvalue weighted by atomic mass is 16.5. The summed E-state index contributed by atoms with van der Waals surface area (Å²) >= 11 is 0. The molecule has 1 aromatic rings. The summed E-state index contributed by atoms with van der Waals surface area (Å²) in [6, 6.07) is 10.4. The van der Waals surface area contributed by atoms with E-state index < -0.39 is 5.60 Å². The van der Waals surface area contributed by atoms with E-state index in [1.54, 1.807) is 0 Å². The van der Waals surface area contributed by atoms with Gasteiger partial charge in [-0.25, -0.2) is 0 Å². The number of hydrogen-bond donors (Lipinski definition) is 1. The van der Waals surface area contributed by atoms with Crippen molar-refractivity contribution in [2.75, 3.05) is 6.61 Å². The zero-order valence-electron chi connectivity index (χ0n) is 9.31. The van der Waals surface area contributed by atoms with E-state index in [1.807, 2.05) is 32.0 Å². The second kappa shape index (κ2) is 3.95. The molecule has 1 N–H and O–H groups in total. The smallest absolute Gasteiger partial charge is 0.0863 e. The topological polar surface area (TPSA) is 29.5 Å². The van der Waals surface area contributed by atoms with E-state index >= 15 is 0 Å². The van der Waals surface area contributed by atoms with E-state index in [2.05, 4.69) is 12.1 Å². The summed E-state index contributed by atoms with van der Waals surface area (Å²) in [5.41, 5.74) is 0.577. The Morgan fingerprint density at radius 2 is 1.93 bits per heavy atom. The van der Waals surface area contributed by atoms with Crippen LogP contribution in [-0.2, 0) is 4.74 Å². The Morgan fingerprint density at radius 3 is 2.47 bits per heavy atom. The van der Waals surface area contributed by atoms with Gasteiger partial charge in [-0.05, 0) is 25.8 Å². The second-order valence-corrected chi connectivity index (χ2v) is 4.82. The van der Waals surface area contributed by atoms with Crippen LogP contribution in [0.1, 0.15) is 31.7 Å². The normalized spacial score (nSPS) is 26.9. The Morgan fingerprint density at radius 1 is 1.27 bits per heavy atom. The molecule has 1 aliphatic heterocycles. The van der Waals surface area contributed by atoms with Crippen molar-refractivity contribution in [2.45, 2.75) is 37.9 Å². The monoisotopic (exact) mass is 206 g/mol. The highest BCUT2D eigenvalue weighted by Gasteiger charge is 2.36. The van der Waals surface area contributed by atoms with Gasteiger partial charge in [0, 0.05) is 5.92 Å². The van der Waals surface area contributed by atoms with Gasteiger partial charge in [0.05, 0.1) is 18.3 Å². The number of aliphatic hydroxyl groups is 1. The third-order valence-electron chi connectivity index (χ3n) is 3.06. The Kier molecular flexibility index (Phi) is 2.81. The lowest BCUT2D eigenvalue weighted by molar-refractivity contribution is -0.0600. The molecule has 1 saturated heterocycles. The van der Waals surface area contributed by atoms with Crippen LogP contribution in [0.2, 0.25) is 0 Å². The third-order valence-corrected chi connectivity index (χ3v) is 3.06. The van der Waals surface area contributed by atoms with Crippen molar-refractivity contribution in [3.8, 4) is 0 Å². The average molecular weight is 206 g/mol. The first kappa shape index (κ1) is 10.7. The Hall–Kier alpha value is -0.860. The van der Waals surface area contributed by atoms with E-state index in [-0.39, 0.29) is 6.10 Å². The van der Waals surface area contributed by atoms with Gasteiger partial charge in [-0.3, -0.25) is 0 Å². The van der Waals surface area contributed by atoms with Crippen LogP contribution < -0.4 is 0 Å². The number of rotatable bonds is 2. The SMILES string of the molecule is CC(C)(O)[C@@H]1C[C@@H](c2ccccc2)CO1. The van der Waals surface area contributed by atoms with Crippen LogP contribution in [0.3, 0.4) is 0 Å². The molecule has 1 fully saturated rings. The molecule has 2 rings (SSSR count). The van der Waals surface area contributed by atoms with Crippen molar-refractivity contribution in [1.29, 1.82) is 0 Å². The third kappa shape index (κ3) is 2.39. The highest BCUT2D eigenvalue weighted by molar-refractivity contribution is 5.21. The molecule has 1 aromatic carbocycles. The molecular weight excluding hydrogens is 188 g/mol. The summed E-state index contributed by atoms with van der Waals surface area (Å²) in [6.45, 7) is 4.34. The Balaban J connectivity index is 2.05. The zero-order chi connectivity index (χ0) is 10.9. The summed E-state index contributed by atoms with van der Waals surface area (Å²) in [5, 5.41) is 9.86. The zero-order valence-corrected chi connectivity index (χ0v) is 9.31. The van der Waals surface area contributed by atoms with Crippen LogP contribution >= 0.6 is 0 Å². The summed E-state index contributed by atoms with van der Waals surface area (Å²) in [4.78, 5) is 0. The minimum absolute atomic E-state index is 0.0392. The lowest BCUT2D eigenvalue weighted by Gasteiger charge is -2.24. The van der Waals surface area contributed by atoms with E-state index in [1.165, 1.54) is 5.56 Å². The van der Waals surface area contributed by atoms with Crippen molar-refractivity contribution in [3.05, 3.63) is 35.9 Å². The Bertz CT molecular complexity index is 313. The Labute approximate surface area is 90.9 Å². The van der Waals surface area contributed by atoms with Crippen LogP contribution in [0.4, 0.5) is 0 Å². The van der Waals surface area contributed by atoms with Crippen molar-refractivity contribution in [1.82, 2.24) is 0 Å². The standard InChI is InChI=1S/C13H18O2/c1-13(2,14)12-8-11(9-15-12)10-6-4-3-5-7-10/h3-7,11-12,14H,8-9H2,1-2H3/t11-,12+/m1/s1. The molecule has 2 nitrogen and oxygen atoms in total. The average Bonchev–Trinajstić information content (AvgIpc) is 2.67. The van der Waals surface area contributed by atoms with Gasteiger partial charge in [-0.15, -0.1) is 0 Å². The first-order valence-electron chi connectivity index (χ1n) is 5.46. The minimum Gasteiger partial charge on any atom is -0.388 e. The fraction of sp³-hybridized carbons (Fsp3) is 0.538. The van der Waals surface area contributed by atoms with Gasteiger partial charge in [-0.1, -0.05) is 30.3 Å². The highest BCUT2D eigenvalue weighted by Crippen LogP contribution is 2.33. The fourth-order valence-electron chi connectivity index (χ4n) is 2.08. The van der Waals surface area contributed by atoms with Gasteiger partial charge in [-0.2, -0.15) is 0 Å². The van der Waals surface area contributed by atoms with Gasteiger partial charge in [0.1, 0.15) is 0 Å². The van der Waals surface area contributed by atoms with Gasteiger partial charge in [0.25, 0.3) is 0 Å². The van der Waals surface area contributed by atoms with Crippen LogP contribution in [-0.4, -0.2) is 23.4 Å². The summed E-state index contributed by atoms with van der Waals surface area (Å²) < 4.78 is 5.63. The fourth-order valence-corrected chi connectivity index (χ4v) is 2.08. The first-order valence-corrected chi connectivity index (χ1v) is 5.46. The predicted octanol–water partition coefficient (Wildman–Crippen LogP) is 2.33. The molecule has 0 unspecified atom stereocenters. The molecule has 0 aliphatic carbocycles. The van der Waals surface area contributed by atoms with E-state index in [0.717, 1.165) is 13.0 Å². The van der Waals surface area contributed by atoms with Crippen molar-refractivity contribution >= 4 is 0 Å². The molecule has 82 valence electrons. The van der Waals surface area contributed by atoms with Crippen LogP contribution in [0, 0.1) is 0 Å². The molecule has 1 heterocycles. The predicted molar refractivity (Wildman–Crippen MR) is 59.8 cm³/mol. The lowest BCUT2D eigenvalue weighted by atomic mass is 9.91. The van der Waals surface area contributed by atoms with Gasteiger partial charge < -0.3 is 9.84 Å². The molecule has 2 heteroatoms. The summed E-state index contributed by atoms with van der Waals surface area (Å²) in [7, 11) is 0. The maximum Gasteiger partial charge on any atom is 0.0863 e. The lowest BCUT2D eigenvalue weighted by Crippen LogP contribution is -2.35. The van der Waals surface area contributed by atoms with Gasteiger partial charge in [0.2, 0.25) is 0 Å². The van der Waals surface area contributed by atoms with E-state index in [4.69, 9.17) is 4.74 Å². The maximum atomic E-state index is 9.86. The van der Waals surface area contributed by atoms with Crippen molar-refractivity contribution in [3.63, 3.8) is 0 Å². The minimum atomic E-state index is -0.733. The molecule has 15 heavy (non-hydrogen) atoms. The molecule has 2 atom stereocenters.